The zero-order valence-corrected chi connectivity index (χ0v) is 11.7. The molecule has 1 amide bonds. The molecule has 0 saturated heterocycles. The molecule has 0 bridgehead atoms. The van der Waals surface area contributed by atoms with Crippen LogP contribution in [0.2, 0.25) is 10.0 Å². The molecule has 0 aliphatic rings. The molecule has 2 aromatic rings. The first kappa shape index (κ1) is 13.6. The quantitative estimate of drug-likeness (QED) is 0.915. The van der Waals surface area contributed by atoms with Crippen molar-refractivity contribution in [1.82, 2.24) is 19.7 Å². The molecule has 8 heteroatoms. The molecule has 0 aliphatic carbocycles. The van der Waals surface area contributed by atoms with Gasteiger partial charge in [-0.15, -0.1) is 5.10 Å². The minimum Gasteiger partial charge on any atom is -0.342 e. The Kier molecular flexibility index (Phi) is 3.64. The van der Waals surface area contributed by atoms with Crippen molar-refractivity contribution in [2.24, 2.45) is 0 Å². The average Bonchev–Trinajstić information content (AvgIpc) is 2.70. The smallest absolute Gasteiger partial charge is 0.342 e. The van der Waals surface area contributed by atoms with E-state index in [1.807, 2.05) is 0 Å². The fourth-order valence-corrected chi connectivity index (χ4v) is 1.94. The van der Waals surface area contributed by atoms with Crippen molar-refractivity contribution >= 4 is 29.1 Å². The fourth-order valence-electron chi connectivity index (χ4n) is 1.45. The third-order valence-electron chi connectivity index (χ3n) is 2.36. The van der Waals surface area contributed by atoms with Gasteiger partial charge in [-0.3, -0.25) is 9.78 Å². The molecule has 1 heterocycles. The molecule has 2 rings (SSSR count). The van der Waals surface area contributed by atoms with E-state index in [2.05, 4.69) is 10.1 Å². The van der Waals surface area contributed by atoms with Gasteiger partial charge in [0.15, 0.2) is 0 Å². The minimum atomic E-state index is -0.547. The predicted octanol–water partition coefficient (Wildman–Crippen LogP) is 1.57. The highest BCUT2D eigenvalue weighted by Gasteiger charge is 2.17. The maximum atomic E-state index is 11.8. The van der Waals surface area contributed by atoms with Crippen molar-refractivity contribution in [1.29, 1.82) is 0 Å². The number of benzene rings is 1. The molecule has 0 spiro atoms. The second-order valence-electron chi connectivity index (χ2n) is 3.99. The van der Waals surface area contributed by atoms with E-state index in [-0.39, 0.29) is 10.8 Å². The monoisotopic (exact) mass is 300 g/mol. The maximum absolute atomic E-state index is 11.8. The summed E-state index contributed by atoms with van der Waals surface area (Å²) < 4.78 is 1.02. The van der Waals surface area contributed by atoms with E-state index >= 15 is 0 Å². The molecule has 0 aliphatic heterocycles. The number of nitrogens with one attached hydrogen (secondary N) is 1. The van der Waals surface area contributed by atoms with Gasteiger partial charge in [0.25, 0.3) is 5.91 Å². The van der Waals surface area contributed by atoms with Crippen molar-refractivity contribution in [3.05, 3.63) is 44.6 Å². The number of aromatic nitrogens is 3. The lowest BCUT2D eigenvalue weighted by Crippen LogP contribution is -2.23. The number of rotatable bonds is 2. The largest absolute Gasteiger partial charge is 0.348 e. The molecule has 6 nitrogen and oxygen atoms in total. The molecule has 0 atom stereocenters. The molecule has 100 valence electrons. The Morgan fingerprint density at radius 3 is 2.63 bits per heavy atom. The highest BCUT2D eigenvalue weighted by molar-refractivity contribution is 6.35. The number of hydrogen-bond donors (Lipinski definition) is 1. The second kappa shape index (κ2) is 5.07. The Morgan fingerprint density at radius 1 is 1.37 bits per heavy atom. The van der Waals surface area contributed by atoms with Crippen molar-refractivity contribution < 1.29 is 4.79 Å². The van der Waals surface area contributed by atoms with Crippen LogP contribution in [0, 0.1) is 0 Å². The van der Waals surface area contributed by atoms with Gasteiger partial charge < -0.3 is 4.90 Å². The van der Waals surface area contributed by atoms with Crippen LogP contribution in [-0.2, 0) is 0 Å². The molecule has 0 radical (unpaired) electrons. The van der Waals surface area contributed by atoms with Crippen LogP contribution in [0.25, 0.3) is 5.69 Å². The van der Waals surface area contributed by atoms with Gasteiger partial charge in [-0.2, -0.15) is 4.68 Å². The van der Waals surface area contributed by atoms with Crippen LogP contribution < -0.4 is 5.69 Å². The molecule has 0 unspecified atom stereocenters. The Hall–Kier alpha value is -1.79. The van der Waals surface area contributed by atoms with Gasteiger partial charge in [0, 0.05) is 19.1 Å². The lowest BCUT2D eigenvalue weighted by atomic mass is 10.3. The predicted molar refractivity (Wildman–Crippen MR) is 72.2 cm³/mol. The summed E-state index contributed by atoms with van der Waals surface area (Å²) >= 11 is 11.8. The van der Waals surface area contributed by atoms with Gasteiger partial charge in [0.05, 0.1) is 10.7 Å². The lowest BCUT2D eigenvalue weighted by molar-refractivity contribution is 0.0816. The van der Waals surface area contributed by atoms with Gasteiger partial charge in [-0.1, -0.05) is 23.2 Å². The van der Waals surface area contributed by atoms with E-state index in [9.17, 15) is 9.59 Å². The summed E-state index contributed by atoms with van der Waals surface area (Å²) in [4.78, 5) is 27.2. The van der Waals surface area contributed by atoms with Gasteiger partial charge in [0.2, 0.25) is 5.82 Å². The Morgan fingerprint density at radius 2 is 2.05 bits per heavy atom. The van der Waals surface area contributed by atoms with Crippen LogP contribution in [0.1, 0.15) is 10.6 Å². The van der Waals surface area contributed by atoms with Crippen LogP contribution in [0.4, 0.5) is 0 Å². The van der Waals surface area contributed by atoms with Crippen LogP contribution >= 0.6 is 23.2 Å². The Labute approximate surface area is 118 Å². The molecule has 1 N–H and O–H groups in total. The SMILES string of the molecule is CN(C)C(=O)c1nn(-c2ccc(Cl)cc2Cl)c(=O)[nH]1. The number of nitrogens with zero attached hydrogens (tertiary/aromatic N) is 3. The van der Waals surface area contributed by atoms with E-state index in [0.717, 1.165) is 4.68 Å². The summed E-state index contributed by atoms with van der Waals surface area (Å²) in [5.74, 6) is -0.457. The highest BCUT2D eigenvalue weighted by atomic mass is 35.5. The molecule has 0 fully saturated rings. The first-order chi connectivity index (χ1) is 8.90. The van der Waals surface area contributed by atoms with Crippen LogP contribution in [0.15, 0.2) is 23.0 Å². The number of halogens is 2. The van der Waals surface area contributed by atoms with E-state index in [1.165, 1.54) is 11.0 Å². The van der Waals surface area contributed by atoms with Crippen molar-refractivity contribution in [2.75, 3.05) is 14.1 Å². The first-order valence-corrected chi connectivity index (χ1v) is 6.02. The van der Waals surface area contributed by atoms with E-state index in [4.69, 9.17) is 23.2 Å². The van der Waals surface area contributed by atoms with Gasteiger partial charge in [0.1, 0.15) is 0 Å². The number of carbonyl (C=O) groups excluding carboxylic acids is 1. The highest BCUT2D eigenvalue weighted by Crippen LogP contribution is 2.22. The Bertz CT molecular complexity index is 690. The van der Waals surface area contributed by atoms with Crippen molar-refractivity contribution in [3.8, 4) is 5.69 Å². The minimum absolute atomic E-state index is 0.0546. The molecule has 0 saturated carbocycles. The van der Waals surface area contributed by atoms with Gasteiger partial charge in [-0.25, -0.2) is 4.79 Å². The summed E-state index contributed by atoms with van der Waals surface area (Å²) in [5.41, 5.74) is -0.195. The number of H-pyrrole nitrogens is 1. The van der Waals surface area contributed by atoms with E-state index < -0.39 is 11.6 Å². The van der Waals surface area contributed by atoms with Crippen LogP contribution in [-0.4, -0.2) is 39.7 Å². The van der Waals surface area contributed by atoms with Gasteiger partial charge >= 0.3 is 5.69 Å². The number of aromatic amines is 1. The summed E-state index contributed by atoms with van der Waals surface area (Å²) in [6.07, 6.45) is 0. The van der Waals surface area contributed by atoms with Crippen LogP contribution in [0.3, 0.4) is 0 Å². The molecular weight excluding hydrogens is 291 g/mol. The van der Waals surface area contributed by atoms with Crippen molar-refractivity contribution in [2.45, 2.75) is 0 Å². The Balaban J connectivity index is 2.52. The average molecular weight is 301 g/mol. The van der Waals surface area contributed by atoms with E-state index in [0.29, 0.717) is 10.7 Å². The zero-order valence-electron chi connectivity index (χ0n) is 10.1. The summed E-state index contributed by atoms with van der Waals surface area (Å²) in [6.45, 7) is 0. The first-order valence-electron chi connectivity index (χ1n) is 5.26. The third-order valence-corrected chi connectivity index (χ3v) is 2.90. The molecular formula is C11H10Cl2N4O2. The topological polar surface area (TPSA) is 71.0 Å². The number of carbonyl (C=O) groups is 1. The third kappa shape index (κ3) is 2.64. The van der Waals surface area contributed by atoms with Crippen molar-refractivity contribution in [3.63, 3.8) is 0 Å². The zero-order chi connectivity index (χ0) is 14.2. The normalized spacial score (nSPS) is 10.5. The molecule has 19 heavy (non-hydrogen) atoms. The molecule has 1 aromatic carbocycles. The van der Waals surface area contributed by atoms with E-state index in [1.54, 1.807) is 26.2 Å². The van der Waals surface area contributed by atoms with Crippen LogP contribution in [0.5, 0.6) is 0 Å². The standard InChI is InChI=1S/C11H10Cl2N4O2/c1-16(2)10(18)9-14-11(19)17(15-9)8-4-3-6(12)5-7(8)13/h3-5H,1-2H3,(H,14,15,19). The summed E-state index contributed by atoms with van der Waals surface area (Å²) in [7, 11) is 3.13. The number of amides is 1. The maximum Gasteiger partial charge on any atom is 0.348 e. The fraction of sp³-hybridized carbons (Fsp3) is 0.182. The summed E-state index contributed by atoms with van der Waals surface area (Å²) in [6, 6.07) is 4.63. The van der Waals surface area contributed by atoms with Gasteiger partial charge in [-0.05, 0) is 18.2 Å². The summed E-state index contributed by atoms with van der Waals surface area (Å²) in [5, 5.41) is 4.64. The molecule has 1 aromatic heterocycles. The number of hydrogen-bond acceptors (Lipinski definition) is 3. The second-order valence-corrected chi connectivity index (χ2v) is 4.83. The lowest BCUT2D eigenvalue weighted by Gasteiger charge is -2.06.